The normalized spacial score (nSPS) is 41.8. The van der Waals surface area contributed by atoms with E-state index < -0.39 is 73.1 Å². The van der Waals surface area contributed by atoms with Gasteiger partial charge < -0.3 is 44.5 Å². The molecule has 3 aliphatic rings. The Bertz CT molecular complexity index is 902. The molecule has 1 saturated carbocycles. The van der Waals surface area contributed by atoms with Crippen LogP contribution in [-0.2, 0) is 23.7 Å². The Morgan fingerprint density at radius 2 is 1.85 bits per heavy atom. The molecule has 5 N–H and O–H groups in total. The highest BCUT2D eigenvalue weighted by atomic mass is 16.8. The Labute approximate surface area is 196 Å². The number of carbonyl (C=O) groups is 1. The van der Waals surface area contributed by atoms with Crippen molar-refractivity contribution in [2.24, 2.45) is 11.8 Å². The molecule has 34 heavy (non-hydrogen) atoms. The molecule has 0 bridgehead atoms. The number of aliphatic hydroxyl groups excluding tert-OH is 5. The molecule has 2 fully saturated rings. The lowest BCUT2D eigenvalue weighted by Gasteiger charge is -2.44. The topological polar surface area (TPSA) is 155 Å². The zero-order valence-electron chi connectivity index (χ0n) is 18.6. The van der Waals surface area contributed by atoms with Gasteiger partial charge in [-0.3, -0.25) is 0 Å². The van der Waals surface area contributed by atoms with E-state index in [1.165, 1.54) is 12.3 Å². The average Bonchev–Trinajstić information content (AvgIpc) is 3.09. The number of rotatable bonds is 6. The van der Waals surface area contributed by atoms with Crippen molar-refractivity contribution in [1.82, 2.24) is 0 Å². The van der Waals surface area contributed by atoms with Crippen LogP contribution in [0.5, 0.6) is 0 Å². The fourth-order valence-corrected chi connectivity index (χ4v) is 4.88. The van der Waals surface area contributed by atoms with Crippen LogP contribution in [0.15, 0.2) is 48.7 Å². The molecule has 1 aliphatic carbocycles. The summed E-state index contributed by atoms with van der Waals surface area (Å²) in [6.45, 7) is 1.06. The summed E-state index contributed by atoms with van der Waals surface area (Å²) in [6.07, 6.45) is -3.29. The summed E-state index contributed by atoms with van der Waals surface area (Å²) in [7, 11) is 0. The first-order chi connectivity index (χ1) is 16.2. The maximum absolute atomic E-state index is 12.6. The van der Waals surface area contributed by atoms with E-state index >= 15 is 0 Å². The van der Waals surface area contributed by atoms with Gasteiger partial charge in [-0.05, 0) is 24.6 Å². The zero-order valence-corrected chi connectivity index (χ0v) is 18.6. The van der Waals surface area contributed by atoms with Gasteiger partial charge in [-0.25, -0.2) is 4.79 Å². The minimum Gasteiger partial charge on any atom is -0.472 e. The Balaban J connectivity index is 1.50. The van der Waals surface area contributed by atoms with E-state index in [4.69, 9.17) is 18.9 Å². The van der Waals surface area contributed by atoms with E-state index in [-0.39, 0.29) is 6.42 Å². The van der Waals surface area contributed by atoms with Crippen LogP contribution in [0.4, 0.5) is 0 Å². The SMILES string of the molecule is CC1(OC(=O)/C=C/c2ccccc2)CC(O)C2C=COC(OC3OC(CO)C(O)C(O)C3O)C21. The zero-order chi connectivity index (χ0) is 24.5. The highest BCUT2D eigenvalue weighted by Crippen LogP contribution is 2.49. The first kappa shape index (κ1) is 24.8. The van der Waals surface area contributed by atoms with Gasteiger partial charge in [0.1, 0.15) is 30.0 Å². The van der Waals surface area contributed by atoms with Crippen LogP contribution in [0.3, 0.4) is 0 Å². The Morgan fingerprint density at radius 3 is 2.56 bits per heavy atom. The van der Waals surface area contributed by atoms with Crippen LogP contribution in [-0.4, -0.2) is 86.8 Å². The highest BCUT2D eigenvalue weighted by molar-refractivity contribution is 5.87. The van der Waals surface area contributed by atoms with Crippen LogP contribution in [0.2, 0.25) is 0 Å². The minimum atomic E-state index is -1.63. The third-order valence-electron chi connectivity index (χ3n) is 6.65. The highest BCUT2D eigenvalue weighted by Gasteiger charge is 2.59. The molecule has 1 saturated heterocycles. The van der Waals surface area contributed by atoms with Crippen molar-refractivity contribution in [3.63, 3.8) is 0 Å². The second-order valence-electron chi connectivity index (χ2n) is 9.02. The van der Waals surface area contributed by atoms with Crippen LogP contribution < -0.4 is 0 Å². The molecule has 2 aliphatic heterocycles. The molecule has 1 aromatic carbocycles. The predicted octanol–water partition coefficient (Wildman–Crippen LogP) is -0.315. The smallest absolute Gasteiger partial charge is 0.331 e. The Morgan fingerprint density at radius 1 is 1.12 bits per heavy atom. The molecule has 1 aromatic rings. The monoisotopic (exact) mass is 478 g/mol. The number of hydrogen-bond acceptors (Lipinski definition) is 10. The Kier molecular flexibility index (Phi) is 7.39. The van der Waals surface area contributed by atoms with Gasteiger partial charge in [0.2, 0.25) is 6.29 Å². The number of carbonyl (C=O) groups excluding carboxylic acids is 1. The quantitative estimate of drug-likeness (QED) is 0.271. The van der Waals surface area contributed by atoms with Crippen molar-refractivity contribution < 1.29 is 49.3 Å². The summed E-state index contributed by atoms with van der Waals surface area (Å²) in [5, 5.41) is 50.5. The van der Waals surface area contributed by atoms with Crippen molar-refractivity contribution in [2.75, 3.05) is 6.61 Å². The first-order valence-corrected chi connectivity index (χ1v) is 11.2. The van der Waals surface area contributed by atoms with Crippen LogP contribution in [0.1, 0.15) is 18.9 Å². The van der Waals surface area contributed by atoms with E-state index in [0.29, 0.717) is 0 Å². The maximum Gasteiger partial charge on any atom is 0.331 e. The molecule has 0 amide bonds. The molecule has 186 valence electrons. The number of benzene rings is 1. The summed E-state index contributed by atoms with van der Waals surface area (Å²) in [5.74, 6) is -1.76. The summed E-state index contributed by atoms with van der Waals surface area (Å²) in [4.78, 5) is 12.6. The lowest BCUT2D eigenvalue weighted by molar-refractivity contribution is -0.346. The third-order valence-corrected chi connectivity index (χ3v) is 6.65. The lowest BCUT2D eigenvalue weighted by Crippen LogP contribution is -2.60. The van der Waals surface area contributed by atoms with Gasteiger partial charge >= 0.3 is 5.97 Å². The second-order valence-corrected chi connectivity index (χ2v) is 9.02. The number of fused-ring (bicyclic) bond motifs is 1. The van der Waals surface area contributed by atoms with Gasteiger partial charge in [0.15, 0.2) is 6.29 Å². The summed E-state index contributed by atoms with van der Waals surface area (Å²) in [5.41, 5.74) is -0.368. The summed E-state index contributed by atoms with van der Waals surface area (Å²) >= 11 is 0. The maximum atomic E-state index is 12.6. The lowest BCUT2D eigenvalue weighted by atomic mass is 9.84. The Hall–Kier alpha value is -2.31. The van der Waals surface area contributed by atoms with Gasteiger partial charge in [-0.1, -0.05) is 30.3 Å². The molecule has 0 radical (unpaired) electrons. The fourth-order valence-electron chi connectivity index (χ4n) is 4.88. The van der Waals surface area contributed by atoms with E-state index in [0.717, 1.165) is 5.56 Å². The van der Waals surface area contributed by atoms with Crippen molar-refractivity contribution in [2.45, 2.75) is 62.0 Å². The van der Waals surface area contributed by atoms with Crippen molar-refractivity contribution in [3.05, 3.63) is 54.3 Å². The largest absolute Gasteiger partial charge is 0.472 e. The number of hydrogen-bond donors (Lipinski definition) is 5. The number of ether oxygens (including phenoxy) is 4. The van der Waals surface area contributed by atoms with Crippen LogP contribution in [0.25, 0.3) is 6.08 Å². The minimum absolute atomic E-state index is 0.121. The molecule has 0 spiro atoms. The van der Waals surface area contributed by atoms with Crippen molar-refractivity contribution in [3.8, 4) is 0 Å². The van der Waals surface area contributed by atoms with E-state index in [2.05, 4.69) is 0 Å². The predicted molar refractivity (Wildman–Crippen MR) is 116 cm³/mol. The summed E-state index contributed by atoms with van der Waals surface area (Å²) in [6, 6.07) is 9.23. The number of esters is 1. The fraction of sp³-hybridized carbons (Fsp3) is 0.542. The molecule has 0 aromatic heterocycles. The average molecular weight is 478 g/mol. The van der Waals surface area contributed by atoms with E-state index in [9.17, 15) is 30.3 Å². The van der Waals surface area contributed by atoms with Gasteiger partial charge in [0.25, 0.3) is 0 Å². The van der Waals surface area contributed by atoms with Gasteiger partial charge in [-0.2, -0.15) is 0 Å². The first-order valence-electron chi connectivity index (χ1n) is 11.2. The van der Waals surface area contributed by atoms with Crippen molar-refractivity contribution >= 4 is 12.0 Å². The van der Waals surface area contributed by atoms with Crippen LogP contribution in [0, 0.1) is 11.8 Å². The number of aliphatic hydroxyl groups is 5. The molecule has 2 heterocycles. The van der Waals surface area contributed by atoms with E-state index in [1.54, 1.807) is 19.1 Å². The standard InChI is InChI=1S/C24H30O10/c1-24(34-17(27)8-7-13-5-3-2-4-6-13)11-15(26)14-9-10-31-22(18(14)24)33-23-21(30)20(29)19(28)16(12-25)32-23/h2-10,14-16,18-23,25-26,28-30H,11-12H2,1H3/b8-7+. The molecule has 10 heteroatoms. The van der Waals surface area contributed by atoms with Gasteiger partial charge in [-0.15, -0.1) is 0 Å². The molecule has 10 unspecified atom stereocenters. The molecule has 4 rings (SSSR count). The third kappa shape index (κ3) is 4.89. The van der Waals surface area contributed by atoms with Crippen molar-refractivity contribution in [1.29, 1.82) is 0 Å². The van der Waals surface area contributed by atoms with Gasteiger partial charge in [0.05, 0.1) is 24.9 Å². The molecule has 10 atom stereocenters. The van der Waals surface area contributed by atoms with Crippen LogP contribution >= 0.6 is 0 Å². The van der Waals surface area contributed by atoms with Gasteiger partial charge in [0, 0.05) is 18.4 Å². The van der Waals surface area contributed by atoms with E-state index in [1.807, 2.05) is 30.3 Å². The molecular formula is C24H30O10. The second kappa shape index (κ2) is 10.1. The summed E-state index contributed by atoms with van der Waals surface area (Å²) < 4.78 is 22.6. The molecular weight excluding hydrogens is 448 g/mol. The molecule has 10 nitrogen and oxygen atoms in total.